The van der Waals surface area contributed by atoms with Crippen molar-refractivity contribution >= 4 is 15.7 Å². The third-order valence-corrected chi connectivity index (χ3v) is 5.39. The zero-order valence-corrected chi connectivity index (χ0v) is 14.0. The van der Waals surface area contributed by atoms with Crippen molar-refractivity contribution in [2.75, 3.05) is 17.0 Å². The Bertz CT molecular complexity index is 560. The maximum atomic E-state index is 11.5. The molecule has 21 heavy (non-hydrogen) atoms. The largest absolute Gasteiger partial charge is 0.314 e. The van der Waals surface area contributed by atoms with Crippen LogP contribution >= 0.6 is 0 Å². The second-order valence-corrected chi connectivity index (χ2v) is 8.46. The van der Waals surface area contributed by atoms with Gasteiger partial charge in [-0.05, 0) is 55.8 Å². The van der Waals surface area contributed by atoms with Crippen LogP contribution in [0.3, 0.4) is 0 Å². The van der Waals surface area contributed by atoms with Crippen molar-refractivity contribution in [3.63, 3.8) is 0 Å². The summed E-state index contributed by atoms with van der Waals surface area (Å²) in [5, 5.41) is 3.54. The van der Waals surface area contributed by atoms with Crippen molar-refractivity contribution in [1.29, 1.82) is 0 Å². The summed E-state index contributed by atoms with van der Waals surface area (Å²) in [5.41, 5.74) is 1.95. The first-order valence-corrected chi connectivity index (χ1v) is 9.32. The highest BCUT2D eigenvalue weighted by atomic mass is 32.2. The summed E-state index contributed by atoms with van der Waals surface area (Å²) >= 11 is 0. The molecular weight excluding hydrogens is 284 g/mol. The van der Waals surface area contributed by atoms with E-state index in [1.54, 1.807) is 6.92 Å². The fourth-order valence-electron chi connectivity index (χ4n) is 2.26. The first-order chi connectivity index (χ1) is 9.82. The quantitative estimate of drug-likeness (QED) is 0.776. The van der Waals surface area contributed by atoms with Gasteiger partial charge in [0.25, 0.3) is 0 Å². The maximum Gasteiger partial charge on any atom is 0.232 e. The minimum Gasteiger partial charge on any atom is -0.314 e. The average Bonchev–Trinajstić information content (AvgIpc) is 3.23. The van der Waals surface area contributed by atoms with Gasteiger partial charge in [0, 0.05) is 11.7 Å². The lowest BCUT2D eigenvalue weighted by Gasteiger charge is -2.26. The Morgan fingerprint density at radius 2 is 1.81 bits per heavy atom. The molecule has 0 saturated heterocycles. The third-order valence-electron chi connectivity index (χ3n) is 4.08. The molecule has 1 aromatic carbocycles. The minimum absolute atomic E-state index is 0.0874. The molecule has 0 aliphatic heterocycles. The van der Waals surface area contributed by atoms with Crippen LogP contribution in [0.2, 0.25) is 0 Å². The van der Waals surface area contributed by atoms with Gasteiger partial charge in [0.15, 0.2) is 0 Å². The number of hydrogen-bond acceptors (Lipinski definition) is 3. The van der Waals surface area contributed by atoms with Crippen molar-refractivity contribution in [1.82, 2.24) is 5.32 Å². The summed E-state index contributed by atoms with van der Waals surface area (Å²) in [4.78, 5) is 0. The van der Waals surface area contributed by atoms with Crippen molar-refractivity contribution in [2.24, 2.45) is 0 Å². The molecule has 0 amide bonds. The van der Waals surface area contributed by atoms with Gasteiger partial charge >= 0.3 is 0 Å². The Hall–Kier alpha value is -1.07. The molecule has 1 saturated carbocycles. The molecule has 1 fully saturated rings. The zero-order chi connectivity index (χ0) is 15.5. The van der Waals surface area contributed by atoms with Gasteiger partial charge in [-0.1, -0.05) is 26.0 Å². The fourth-order valence-corrected chi connectivity index (χ4v) is 2.90. The van der Waals surface area contributed by atoms with Crippen molar-refractivity contribution in [2.45, 2.75) is 51.5 Å². The maximum absolute atomic E-state index is 11.5. The number of nitrogens with one attached hydrogen (secondary N) is 2. The van der Waals surface area contributed by atoms with E-state index in [1.165, 1.54) is 18.4 Å². The third kappa shape index (κ3) is 5.00. The van der Waals surface area contributed by atoms with Crippen molar-refractivity contribution in [3.8, 4) is 0 Å². The lowest BCUT2D eigenvalue weighted by Crippen LogP contribution is -2.26. The number of rotatable bonds is 8. The molecular formula is C16H26N2O2S. The summed E-state index contributed by atoms with van der Waals surface area (Å²) in [7, 11) is -3.20. The number of hydrogen-bond donors (Lipinski definition) is 2. The van der Waals surface area contributed by atoms with Gasteiger partial charge in [-0.15, -0.1) is 0 Å². The smallest absolute Gasteiger partial charge is 0.232 e. The van der Waals surface area contributed by atoms with Crippen molar-refractivity contribution < 1.29 is 8.42 Å². The SMILES string of the molecule is CCS(=O)(=O)Nc1ccc(C(C)(C)CCNC2CC2)cc1. The molecule has 4 nitrogen and oxygen atoms in total. The Morgan fingerprint density at radius 3 is 2.33 bits per heavy atom. The molecule has 0 unspecified atom stereocenters. The normalized spacial score (nSPS) is 16.0. The van der Waals surface area contributed by atoms with Crippen LogP contribution in [0.15, 0.2) is 24.3 Å². The summed E-state index contributed by atoms with van der Waals surface area (Å²) < 4.78 is 25.7. The Kier molecular flexibility index (Phi) is 4.94. The molecule has 0 heterocycles. The number of benzene rings is 1. The molecule has 118 valence electrons. The predicted octanol–water partition coefficient (Wildman–Crippen LogP) is 2.87. The van der Waals surface area contributed by atoms with Gasteiger partial charge in [-0.25, -0.2) is 8.42 Å². The van der Waals surface area contributed by atoms with E-state index in [2.05, 4.69) is 23.9 Å². The molecule has 0 aromatic heterocycles. The molecule has 0 bridgehead atoms. The molecule has 1 aromatic rings. The Labute approximate surface area is 128 Å². The van der Waals surface area contributed by atoms with Crippen LogP contribution in [0.25, 0.3) is 0 Å². The van der Waals surface area contributed by atoms with Gasteiger partial charge in [-0.2, -0.15) is 0 Å². The van der Waals surface area contributed by atoms with E-state index >= 15 is 0 Å². The monoisotopic (exact) mass is 310 g/mol. The van der Waals surface area contributed by atoms with E-state index in [9.17, 15) is 8.42 Å². The Balaban J connectivity index is 1.95. The molecule has 0 radical (unpaired) electrons. The molecule has 0 atom stereocenters. The van der Waals surface area contributed by atoms with Gasteiger partial charge < -0.3 is 5.32 Å². The van der Waals surface area contributed by atoms with Gasteiger partial charge in [0.1, 0.15) is 0 Å². The molecule has 2 rings (SSSR count). The lowest BCUT2D eigenvalue weighted by atomic mass is 9.81. The van der Waals surface area contributed by atoms with E-state index in [1.807, 2.05) is 24.3 Å². The Morgan fingerprint density at radius 1 is 1.19 bits per heavy atom. The second-order valence-electron chi connectivity index (χ2n) is 6.45. The van der Waals surface area contributed by atoms with E-state index in [4.69, 9.17) is 0 Å². The zero-order valence-electron chi connectivity index (χ0n) is 13.1. The number of anilines is 1. The van der Waals surface area contributed by atoms with E-state index in [0.29, 0.717) is 5.69 Å². The van der Waals surface area contributed by atoms with Crippen LogP contribution in [-0.4, -0.2) is 26.8 Å². The van der Waals surface area contributed by atoms with Crippen LogP contribution in [0.4, 0.5) is 5.69 Å². The van der Waals surface area contributed by atoms with Crippen molar-refractivity contribution in [3.05, 3.63) is 29.8 Å². The predicted molar refractivity (Wildman–Crippen MR) is 88.2 cm³/mol. The minimum atomic E-state index is -3.20. The summed E-state index contributed by atoms with van der Waals surface area (Å²) in [6, 6.07) is 8.47. The van der Waals surface area contributed by atoms with Gasteiger partial charge in [0.2, 0.25) is 10.0 Å². The lowest BCUT2D eigenvalue weighted by molar-refractivity contribution is 0.456. The van der Waals surface area contributed by atoms with Crippen LogP contribution in [0.5, 0.6) is 0 Å². The van der Waals surface area contributed by atoms with E-state index < -0.39 is 10.0 Å². The fraction of sp³-hybridized carbons (Fsp3) is 0.625. The summed E-state index contributed by atoms with van der Waals surface area (Å²) in [6.45, 7) is 7.12. The standard InChI is InChI=1S/C16H26N2O2S/c1-4-21(19,20)18-15-7-5-13(6-8-15)16(2,3)11-12-17-14-9-10-14/h5-8,14,17-18H,4,9-12H2,1-3H3. The summed E-state index contributed by atoms with van der Waals surface area (Å²) in [6.07, 6.45) is 3.70. The van der Waals surface area contributed by atoms with Crippen LogP contribution in [0, 0.1) is 0 Å². The highest BCUT2D eigenvalue weighted by molar-refractivity contribution is 7.92. The molecule has 2 N–H and O–H groups in total. The highest BCUT2D eigenvalue weighted by Gasteiger charge is 2.24. The van der Waals surface area contributed by atoms with E-state index in [-0.39, 0.29) is 11.2 Å². The topological polar surface area (TPSA) is 58.2 Å². The molecule has 5 heteroatoms. The van der Waals surface area contributed by atoms with Crippen LogP contribution in [-0.2, 0) is 15.4 Å². The molecule has 1 aliphatic rings. The average molecular weight is 310 g/mol. The van der Waals surface area contributed by atoms with Gasteiger partial charge in [0.05, 0.1) is 5.75 Å². The number of sulfonamides is 1. The van der Waals surface area contributed by atoms with Gasteiger partial charge in [-0.3, -0.25) is 4.72 Å². The second kappa shape index (κ2) is 6.36. The van der Waals surface area contributed by atoms with E-state index in [0.717, 1.165) is 19.0 Å². The van der Waals surface area contributed by atoms with Crippen LogP contribution in [0.1, 0.15) is 45.6 Å². The van der Waals surface area contributed by atoms with Crippen LogP contribution < -0.4 is 10.0 Å². The first-order valence-electron chi connectivity index (χ1n) is 7.67. The first kappa shape index (κ1) is 16.3. The molecule has 0 spiro atoms. The summed E-state index contributed by atoms with van der Waals surface area (Å²) in [5.74, 6) is 0.0904. The highest BCUT2D eigenvalue weighted by Crippen LogP contribution is 2.28. The molecule has 1 aliphatic carbocycles.